The molecule has 0 amide bonds. The van der Waals surface area contributed by atoms with E-state index in [9.17, 15) is 14.4 Å². The number of ether oxygens (including phenoxy) is 3. The number of unbranched alkanes of at least 4 members (excludes halogenated alkanes) is 25. The first-order valence-corrected chi connectivity index (χ1v) is 24.3. The lowest BCUT2D eigenvalue weighted by Crippen LogP contribution is -2.30. The molecular formula is C52H90O6. The van der Waals surface area contributed by atoms with Crippen LogP contribution in [0.1, 0.15) is 233 Å². The molecule has 58 heavy (non-hydrogen) atoms. The van der Waals surface area contributed by atoms with Gasteiger partial charge >= 0.3 is 17.9 Å². The minimum Gasteiger partial charge on any atom is -0.462 e. The van der Waals surface area contributed by atoms with E-state index >= 15 is 0 Å². The van der Waals surface area contributed by atoms with Crippen molar-refractivity contribution in [1.82, 2.24) is 0 Å². The van der Waals surface area contributed by atoms with E-state index in [1.807, 2.05) is 36.5 Å². The molecular weight excluding hydrogens is 721 g/mol. The maximum atomic E-state index is 12.7. The number of hydrogen-bond acceptors (Lipinski definition) is 6. The molecule has 0 saturated carbocycles. The van der Waals surface area contributed by atoms with E-state index in [2.05, 4.69) is 45.1 Å². The van der Waals surface area contributed by atoms with E-state index in [1.54, 1.807) is 0 Å². The van der Waals surface area contributed by atoms with E-state index in [1.165, 1.54) is 109 Å². The van der Waals surface area contributed by atoms with Crippen LogP contribution in [0.4, 0.5) is 0 Å². The molecule has 0 radical (unpaired) electrons. The van der Waals surface area contributed by atoms with Crippen LogP contribution in [-0.2, 0) is 28.6 Å². The first kappa shape index (κ1) is 55.1. The van der Waals surface area contributed by atoms with E-state index in [-0.39, 0.29) is 37.5 Å². The number of hydrogen-bond donors (Lipinski definition) is 0. The summed E-state index contributed by atoms with van der Waals surface area (Å²) in [6.45, 7) is 6.44. The normalized spacial score (nSPS) is 12.5. The molecule has 0 saturated heterocycles. The van der Waals surface area contributed by atoms with Crippen molar-refractivity contribution in [1.29, 1.82) is 0 Å². The van der Waals surface area contributed by atoms with E-state index < -0.39 is 6.10 Å². The second kappa shape index (κ2) is 46.8. The van der Waals surface area contributed by atoms with Gasteiger partial charge < -0.3 is 14.2 Å². The van der Waals surface area contributed by atoms with Gasteiger partial charge in [0.25, 0.3) is 0 Å². The first-order valence-electron chi connectivity index (χ1n) is 24.3. The van der Waals surface area contributed by atoms with Gasteiger partial charge in [0, 0.05) is 19.3 Å². The maximum Gasteiger partial charge on any atom is 0.306 e. The largest absolute Gasteiger partial charge is 0.462 e. The summed E-state index contributed by atoms with van der Waals surface area (Å²) < 4.78 is 16.7. The summed E-state index contributed by atoms with van der Waals surface area (Å²) >= 11 is 0. The Bertz CT molecular complexity index is 1070. The standard InChI is InChI=1S/C52H90O6/c1-4-7-10-13-16-19-22-25-28-30-33-36-39-42-45-51(54)57-48-49(58-52(55)46-43-40-37-34-31-27-24-21-18-15-12-9-6-3)47-56-50(53)44-41-38-35-32-29-26-23-20-17-14-11-8-5-2/h9,12,15,18,21,24,27-28,30-31,49H,4-8,10-11,13-14,16-17,19-20,22-23,25-26,29,32-48H2,1-3H3/b12-9+,18-15+,24-21+,30-28+,31-27+. The highest BCUT2D eigenvalue weighted by Gasteiger charge is 2.19. The van der Waals surface area contributed by atoms with Gasteiger partial charge in [0.15, 0.2) is 6.10 Å². The van der Waals surface area contributed by atoms with Crippen LogP contribution in [0.15, 0.2) is 60.8 Å². The fourth-order valence-electron chi connectivity index (χ4n) is 6.68. The summed E-state index contributed by atoms with van der Waals surface area (Å²) in [5.74, 6) is -0.948. The van der Waals surface area contributed by atoms with Crippen LogP contribution in [0.2, 0.25) is 0 Å². The molecule has 0 aliphatic heterocycles. The third-order valence-electron chi connectivity index (χ3n) is 10.4. The van der Waals surface area contributed by atoms with Crippen LogP contribution in [-0.4, -0.2) is 37.2 Å². The second-order valence-corrected chi connectivity index (χ2v) is 16.1. The average molecular weight is 811 g/mol. The lowest BCUT2D eigenvalue weighted by molar-refractivity contribution is -0.167. The van der Waals surface area contributed by atoms with Gasteiger partial charge in [-0.2, -0.15) is 0 Å². The van der Waals surface area contributed by atoms with Crippen LogP contribution < -0.4 is 0 Å². The van der Waals surface area contributed by atoms with Crippen molar-refractivity contribution in [3.63, 3.8) is 0 Å². The molecule has 0 heterocycles. The smallest absolute Gasteiger partial charge is 0.306 e. The first-order chi connectivity index (χ1) is 28.5. The minimum atomic E-state index is -0.797. The van der Waals surface area contributed by atoms with Crippen molar-refractivity contribution in [2.24, 2.45) is 0 Å². The molecule has 0 fully saturated rings. The highest BCUT2D eigenvalue weighted by atomic mass is 16.6. The summed E-state index contributed by atoms with van der Waals surface area (Å²) in [6, 6.07) is 0. The maximum absolute atomic E-state index is 12.7. The number of rotatable bonds is 43. The molecule has 0 bridgehead atoms. The molecule has 1 unspecified atom stereocenters. The van der Waals surface area contributed by atoms with Crippen molar-refractivity contribution in [2.45, 2.75) is 239 Å². The topological polar surface area (TPSA) is 78.9 Å². The summed E-state index contributed by atoms with van der Waals surface area (Å²) in [5, 5.41) is 0. The summed E-state index contributed by atoms with van der Waals surface area (Å²) in [6.07, 6.45) is 56.3. The van der Waals surface area contributed by atoms with Crippen molar-refractivity contribution < 1.29 is 28.6 Å². The highest BCUT2D eigenvalue weighted by Crippen LogP contribution is 2.14. The predicted octanol–water partition coefficient (Wildman–Crippen LogP) is 15.7. The Balaban J connectivity index is 4.45. The van der Waals surface area contributed by atoms with Gasteiger partial charge in [-0.15, -0.1) is 0 Å². The molecule has 6 nitrogen and oxygen atoms in total. The van der Waals surface area contributed by atoms with Crippen molar-refractivity contribution in [3.05, 3.63) is 60.8 Å². The van der Waals surface area contributed by atoms with Crippen LogP contribution >= 0.6 is 0 Å². The Labute approximate surface area is 358 Å². The third kappa shape index (κ3) is 44.2. The lowest BCUT2D eigenvalue weighted by Gasteiger charge is -2.18. The zero-order valence-electron chi connectivity index (χ0n) is 38.0. The van der Waals surface area contributed by atoms with Gasteiger partial charge in [0.05, 0.1) is 0 Å². The third-order valence-corrected chi connectivity index (χ3v) is 10.4. The van der Waals surface area contributed by atoms with E-state index in [0.29, 0.717) is 19.3 Å². The van der Waals surface area contributed by atoms with Crippen LogP contribution in [0.25, 0.3) is 0 Å². The zero-order valence-corrected chi connectivity index (χ0v) is 38.0. The Morgan fingerprint density at radius 2 is 0.690 bits per heavy atom. The number of carbonyl (C=O) groups is 3. The van der Waals surface area contributed by atoms with E-state index in [0.717, 1.165) is 77.0 Å². The Morgan fingerprint density at radius 1 is 0.362 bits per heavy atom. The monoisotopic (exact) mass is 811 g/mol. The summed E-state index contributed by atoms with van der Waals surface area (Å²) in [5.41, 5.74) is 0. The average Bonchev–Trinajstić information content (AvgIpc) is 3.22. The SMILES string of the molecule is CC/C=C/C=C/C=C/C=C/CCCCCC(=O)OC(COC(=O)CCCCC/C=C/CCCCCCCCC)COC(=O)CCCCCCCCCCCCCCC. The number of esters is 3. The van der Waals surface area contributed by atoms with Crippen LogP contribution in [0.3, 0.4) is 0 Å². The van der Waals surface area contributed by atoms with Gasteiger partial charge in [-0.25, -0.2) is 0 Å². The van der Waals surface area contributed by atoms with Gasteiger partial charge in [0.2, 0.25) is 0 Å². The molecule has 0 aromatic carbocycles. The summed E-state index contributed by atoms with van der Waals surface area (Å²) in [7, 11) is 0. The molecule has 334 valence electrons. The molecule has 6 heteroatoms. The molecule has 0 N–H and O–H groups in total. The Hall–Kier alpha value is -2.89. The molecule has 0 aromatic heterocycles. The zero-order chi connectivity index (χ0) is 42.3. The van der Waals surface area contributed by atoms with Crippen molar-refractivity contribution >= 4 is 17.9 Å². The predicted molar refractivity (Wildman–Crippen MR) is 247 cm³/mol. The molecule has 0 aromatic rings. The van der Waals surface area contributed by atoms with Gasteiger partial charge in [0.1, 0.15) is 13.2 Å². The fourth-order valence-corrected chi connectivity index (χ4v) is 6.68. The van der Waals surface area contributed by atoms with Gasteiger partial charge in [-0.1, -0.05) is 210 Å². The molecule has 0 aliphatic carbocycles. The van der Waals surface area contributed by atoms with E-state index in [4.69, 9.17) is 14.2 Å². The van der Waals surface area contributed by atoms with Crippen LogP contribution in [0, 0.1) is 0 Å². The minimum absolute atomic E-state index is 0.0934. The molecule has 0 aliphatic rings. The Kier molecular flexibility index (Phi) is 44.5. The van der Waals surface area contributed by atoms with Crippen molar-refractivity contribution in [3.8, 4) is 0 Å². The fraction of sp³-hybridized carbons (Fsp3) is 0.750. The highest BCUT2D eigenvalue weighted by molar-refractivity contribution is 5.71. The van der Waals surface area contributed by atoms with Crippen LogP contribution in [0.5, 0.6) is 0 Å². The molecule has 1 atom stereocenters. The van der Waals surface area contributed by atoms with Crippen molar-refractivity contribution in [2.75, 3.05) is 13.2 Å². The lowest BCUT2D eigenvalue weighted by atomic mass is 10.0. The quantitative estimate of drug-likeness (QED) is 0.0201. The number of carbonyl (C=O) groups excluding carboxylic acids is 3. The van der Waals surface area contributed by atoms with Gasteiger partial charge in [-0.3, -0.25) is 14.4 Å². The second-order valence-electron chi connectivity index (χ2n) is 16.1. The summed E-state index contributed by atoms with van der Waals surface area (Å²) in [4.78, 5) is 37.8. The number of allylic oxidation sites excluding steroid dienone is 10. The molecule has 0 spiro atoms. The Morgan fingerprint density at radius 3 is 1.12 bits per heavy atom. The molecule has 0 rings (SSSR count). The van der Waals surface area contributed by atoms with Gasteiger partial charge in [-0.05, 0) is 64.2 Å².